The van der Waals surface area contributed by atoms with E-state index in [0.717, 1.165) is 16.9 Å². The van der Waals surface area contributed by atoms with Crippen LogP contribution >= 0.6 is 0 Å². The van der Waals surface area contributed by atoms with Gasteiger partial charge in [0.15, 0.2) is 0 Å². The molecule has 1 N–H and O–H groups in total. The van der Waals surface area contributed by atoms with E-state index in [-0.39, 0.29) is 0 Å². The van der Waals surface area contributed by atoms with Gasteiger partial charge in [-0.2, -0.15) is 0 Å². The van der Waals surface area contributed by atoms with Gasteiger partial charge in [-0.15, -0.1) is 10.2 Å². The van der Waals surface area contributed by atoms with Crippen LogP contribution in [0.25, 0.3) is 11.5 Å². The molecule has 0 radical (unpaired) electrons. The lowest BCUT2D eigenvalue weighted by Crippen LogP contribution is -2.12. The molecule has 102 valence electrons. The van der Waals surface area contributed by atoms with Gasteiger partial charge in [0.25, 0.3) is 0 Å². The first-order chi connectivity index (χ1) is 9.83. The number of aryl methyl sites for hydroxylation is 1. The maximum absolute atomic E-state index is 5.65. The van der Waals surface area contributed by atoms with E-state index in [4.69, 9.17) is 8.83 Å². The molecule has 0 saturated heterocycles. The van der Waals surface area contributed by atoms with Crippen LogP contribution in [0.2, 0.25) is 0 Å². The van der Waals surface area contributed by atoms with Crippen molar-refractivity contribution in [2.45, 2.75) is 20.0 Å². The summed E-state index contributed by atoms with van der Waals surface area (Å²) >= 11 is 0. The third-order valence-corrected chi connectivity index (χ3v) is 3.00. The molecule has 0 fully saturated rings. The van der Waals surface area contributed by atoms with Crippen LogP contribution in [0.3, 0.4) is 0 Å². The first kappa shape index (κ1) is 12.6. The molecule has 0 aliphatic carbocycles. The van der Waals surface area contributed by atoms with E-state index in [1.807, 2.05) is 43.3 Å². The summed E-state index contributed by atoms with van der Waals surface area (Å²) in [5.74, 6) is 2.00. The Morgan fingerprint density at radius 2 is 1.95 bits per heavy atom. The molecule has 0 bridgehead atoms. The number of rotatable bonds is 5. The number of benzene rings is 1. The van der Waals surface area contributed by atoms with Crippen LogP contribution < -0.4 is 5.32 Å². The summed E-state index contributed by atoms with van der Waals surface area (Å²) in [5.41, 5.74) is 2.09. The molecule has 3 aromatic rings. The fourth-order valence-electron chi connectivity index (χ4n) is 1.95. The van der Waals surface area contributed by atoms with Crippen LogP contribution in [0.5, 0.6) is 0 Å². The van der Waals surface area contributed by atoms with Gasteiger partial charge in [0.2, 0.25) is 11.8 Å². The Bertz CT molecular complexity index is 674. The van der Waals surface area contributed by atoms with Crippen LogP contribution in [0.15, 0.2) is 51.5 Å². The Kier molecular flexibility index (Phi) is 3.60. The summed E-state index contributed by atoms with van der Waals surface area (Å²) in [6.07, 6.45) is 1.65. The largest absolute Gasteiger partial charge is 0.468 e. The molecular weight excluding hydrogens is 254 g/mol. The van der Waals surface area contributed by atoms with E-state index in [1.54, 1.807) is 6.26 Å². The normalized spacial score (nSPS) is 10.8. The molecule has 0 aliphatic rings. The van der Waals surface area contributed by atoms with Crippen molar-refractivity contribution in [3.05, 3.63) is 59.9 Å². The second-order valence-electron chi connectivity index (χ2n) is 4.50. The van der Waals surface area contributed by atoms with Crippen molar-refractivity contribution in [1.82, 2.24) is 15.5 Å². The van der Waals surface area contributed by atoms with Gasteiger partial charge in [-0.05, 0) is 30.7 Å². The van der Waals surface area contributed by atoms with E-state index >= 15 is 0 Å². The first-order valence-corrected chi connectivity index (χ1v) is 6.44. The molecule has 2 heterocycles. The van der Waals surface area contributed by atoms with E-state index in [2.05, 4.69) is 15.5 Å². The highest BCUT2D eigenvalue weighted by Crippen LogP contribution is 2.21. The summed E-state index contributed by atoms with van der Waals surface area (Å²) in [4.78, 5) is 0. The molecule has 0 unspecified atom stereocenters. The van der Waals surface area contributed by atoms with Gasteiger partial charge in [-0.3, -0.25) is 0 Å². The van der Waals surface area contributed by atoms with Crippen LogP contribution in [-0.2, 0) is 13.1 Å². The average Bonchev–Trinajstić information content (AvgIpc) is 3.11. The third-order valence-electron chi connectivity index (χ3n) is 3.00. The lowest BCUT2D eigenvalue weighted by atomic mass is 10.1. The Hall–Kier alpha value is -2.40. The zero-order valence-electron chi connectivity index (χ0n) is 11.2. The molecule has 0 saturated carbocycles. The Morgan fingerprint density at radius 3 is 2.75 bits per heavy atom. The number of aromatic nitrogens is 2. The maximum atomic E-state index is 5.65. The van der Waals surface area contributed by atoms with E-state index in [1.165, 1.54) is 0 Å². The predicted molar refractivity (Wildman–Crippen MR) is 73.7 cm³/mol. The van der Waals surface area contributed by atoms with Gasteiger partial charge in [0.1, 0.15) is 5.76 Å². The smallest absolute Gasteiger partial charge is 0.248 e. The second-order valence-corrected chi connectivity index (χ2v) is 4.50. The zero-order valence-corrected chi connectivity index (χ0v) is 11.2. The van der Waals surface area contributed by atoms with E-state index < -0.39 is 0 Å². The highest BCUT2D eigenvalue weighted by molar-refractivity contribution is 5.57. The molecule has 5 heteroatoms. The van der Waals surface area contributed by atoms with Crippen molar-refractivity contribution in [1.29, 1.82) is 0 Å². The van der Waals surface area contributed by atoms with Gasteiger partial charge in [0.05, 0.1) is 19.4 Å². The number of nitrogens with one attached hydrogen (secondary N) is 1. The van der Waals surface area contributed by atoms with Gasteiger partial charge in [-0.25, -0.2) is 0 Å². The Labute approximate surface area is 116 Å². The molecule has 20 heavy (non-hydrogen) atoms. The SMILES string of the molecule is Cc1ccccc1-c1nnc(CNCc2ccco2)o1. The molecule has 0 aliphatic heterocycles. The zero-order chi connectivity index (χ0) is 13.8. The molecule has 5 nitrogen and oxygen atoms in total. The van der Waals surface area contributed by atoms with Crippen molar-refractivity contribution in [2.24, 2.45) is 0 Å². The standard InChI is InChI=1S/C15H15N3O2/c1-11-5-2-3-7-13(11)15-18-17-14(20-15)10-16-9-12-6-4-8-19-12/h2-8,16H,9-10H2,1H3. The fraction of sp³-hybridized carbons (Fsp3) is 0.200. The minimum atomic E-state index is 0.513. The number of nitrogens with zero attached hydrogens (tertiary/aromatic N) is 2. The van der Waals surface area contributed by atoms with Gasteiger partial charge >= 0.3 is 0 Å². The number of hydrogen-bond donors (Lipinski definition) is 1. The highest BCUT2D eigenvalue weighted by atomic mass is 16.4. The molecule has 2 aromatic heterocycles. The fourth-order valence-corrected chi connectivity index (χ4v) is 1.95. The minimum absolute atomic E-state index is 0.513. The molecular formula is C15H15N3O2. The Morgan fingerprint density at radius 1 is 1.05 bits per heavy atom. The molecule has 0 spiro atoms. The molecule has 0 atom stereocenters. The molecule has 3 rings (SSSR count). The Balaban J connectivity index is 1.64. The van der Waals surface area contributed by atoms with Gasteiger partial charge in [-0.1, -0.05) is 18.2 Å². The maximum Gasteiger partial charge on any atom is 0.248 e. The van der Waals surface area contributed by atoms with Crippen molar-refractivity contribution in [3.63, 3.8) is 0 Å². The summed E-state index contributed by atoms with van der Waals surface area (Å²) in [5, 5.41) is 11.3. The summed E-state index contributed by atoms with van der Waals surface area (Å²) in [6.45, 7) is 3.17. The van der Waals surface area contributed by atoms with Gasteiger partial charge in [0, 0.05) is 5.56 Å². The van der Waals surface area contributed by atoms with Gasteiger partial charge < -0.3 is 14.2 Å². The quantitative estimate of drug-likeness (QED) is 0.771. The van der Waals surface area contributed by atoms with Crippen LogP contribution in [0.1, 0.15) is 17.2 Å². The highest BCUT2D eigenvalue weighted by Gasteiger charge is 2.10. The molecule has 0 amide bonds. The first-order valence-electron chi connectivity index (χ1n) is 6.44. The van der Waals surface area contributed by atoms with Crippen LogP contribution in [-0.4, -0.2) is 10.2 Å². The van der Waals surface area contributed by atoms with E-state index in [9.17, 15) is 0 Å². The molecule has 1 aromatic carbocycles. The van der Waals surface area contributed by atoms with Crippen LogP contribution in [0.4, 0.5) is 0 Å². The lowest BCUT2D eigenvalue weighted by Gasteiger charge is -1.99. The van der Waals surface area contributed by atoms with Crippen molar-refractivity contribution < 1.29 is 8.83 Å². The minimum Gasteiger partial charge on any atom is -0.468 e. The topological polar surface area (TPSA) is 64.1 Å². The van der Waals surface area contributed by atoms with Crippen molar-refractivity contribution in [3.8, 4) is 11.5 Å². The van der Waals surface area contributed by atoms with Crippen molar-refractivity contribution in [2.75, 3.05) is 0 Å². The third kappa shape index (κ3) is 2.78. The average molecular weight is 269 g/mol. The predicted octanol–water partition coefficient (Wildman–Crippen LogP) is 2.93. The van der Waals surface area contributed by atoms with Crippen LogP contribution in [0, 0.1) is 6.92 Å². The summed E-state index contributed by atoms with van der Waals surface area (Å²) < 4.78 is 10.9. The van der Waals surface area contributed by atoms with Crippen molar-refractivity contribution >= 4 is 0 Å². The second kappa shape index (κ2) is 5.71. The van der Waals surface area contributed by atoms with E-state index in [0.29, 0.717) is 24.9 Å². The number of furan rings is 1. The lowest BCUT2D eigenvalue weighted by molar-refractivity contribution is 0.446. The summed E-state index contributed by atoms with van der Waals surface area (Å²) in [6, 6.07) is 11.7. The summed E-state index contributed by atoms with van der Waals surface area (Å²) in [7, 11) is 0. The number of hydrogen-bond acceptors (Lipinski definition) is 5. The monoisotopic (exact) mass is 269 g/mol.